The van der Waals surface area contributed by atoms with Crippen LogP contribution in [0.3, 0.4) is 0 Å². The van der Waals surface area contributed by atoms with E-state index in [1.807, 2.05) is 18.2 Å². The van der Waals surface area contributed by atoms with Gasteiger partial charge in [-0.3, -0.25) is 39.2 Å². The molecule has 6 rings (SSSR count). The van der Waals surface area contributed by atoms with Crippen LogP contribution in [0, 0.1) is 0 Å². The highest BCUT2D eigenvalue weighted by atomic mass is 35.5. The lowest BCUT2D eigenvalue weighted by atomic mass is 9.87. The third-order valence-corrected chi connectivity index (χ3v) is 8.90. The van der Waals surface area contributed by atoms with Gasteiger partial charge in [-0.15, -0.1) is 0 Å². The van der Waals surface area contributed by atoms with Gasteiger partial charge >= 0.3 is 0 Å². The van der Waals surface area contributed by atoms with E-state index in [-0.39, 0.29) is 24.3 Å². The number of fused-ring (bicyclic) bond motifs is 1. The van der Waals surface area contributed by atoms with Crippen LogP contribution in [-0.4, -0.2) is 89.3 Å². The van der Waals surface area contributed by atoms with Crippen LogP contribution in [0.1, 0.15) is 65.0 Å². The number of carbonyl (C=O) groups is 4. The molecule has 220 valence electrons. The second-order valence-corrected chi connectivity index (χ2v) is 12.6. The molecular formula is C32H35ClN4O5. The molecule has 0 saturated carbocycles. The van der Waals surface area contributed by atoms with Gasteiger partial charge in [0.05, 0.1) is 23.3 Å². The van der Waals surface area contributed by atoms with Crippen LogP contribution in [-0.2, 0) is 20.9 Å². The molecule has 42 heavy (non-hydrogen) atoms. The van der Waals surface area contributed by atoms with E-state index in [1.165, 1.54) is 16.7 Å². The summed E-state index contributed by atoms with van der Waals surface area (Å²) in [6.07, 6.45) is 1.10. The van der Waals surface area contributed by atoms with Crippen molar-refractivity contribution in [3.8, 4) is 0 Å². The van der Waals surface area contributed by atoms with Crippen LogP contribution in [0.5, 0.6) is 0 Å². The summed E-state index contributed by atoms with van der Waals surface area (Å²) in [5.74, 6) is -1.94. The molecule has 10 heteroatoms. The fourth-order valence-corrected chi connectivity index (χ4v) is 6.45. The highest BCUT2D eigenvalue weighted by Gasteiger charge is 2.44. The van der Waals surface area contributed by atoms with E-state index in [9.17, 15) is 19.2 Å². The number of hydrogen-bond acceptors (Lipinski definition) is 7. The molecule has 0 spiro atoms. The van der Waals surface area contributed by atoms with Gasteiger partial charge in [0.15, 0.2) is 0 Å². The van der Waals surface area contributed by atoms with Gasteiger partial charge in [0, 0.05) is 57.1 Å². The summed E-state index contributed by atoms with van der Waals surface area (Å²) in [7, 11) is 0. The second-order valence-electron chi connectivity index (χ2n) is 12.2. The molecule has 4 heterocycles. The minimum atomic E-state index is -0.956. The zero-order valence-electron chi connectivity index (χ0n) is 24.0. The van der Waals surface area contributed by atoms with Crippen LogP contribution < -0.4 is 5.32 Å². The van der Waals surface area contributed by atoms with Crippen molar-refractivity contribution in [2.45, 2.75) is 51.3 Å². The summed E-state index contributed by atoms with van der Waals surface area (Å²) in [6.45, 7) is 9.97. The number of imide groups is 2. The van der Waals surface area contributed by atoms with Crippen molar-refractivity contribution in [2.24, 2.45) is 0 Å². The molecule has 2 saturated heterocycles. The molecule has 2 aromatic carbocycles. The summed E-state index contributed by atoms with van der Waals surface area (Å²) < 4.78 is 6.19. The summed E-state index contributed by atoms with van der Waals surface area (Å²) in [5, 5.41) is 2.97. The van der Waals surface area contributed by atoms with Crippen LogP contribution in [0.15, 0.2) is 48.0 Å². The highest BCUT2D eigenvalue weighted by molar-refractivity contribution is 6.30. The van der Waals surface area contributed by atoms with Crippen molar-refractivity contribution < 1.29 is 23.9 Å². The largest absolute Gasteiger partial charge is 0.371 e. The third kappa shape index (κ3) is 5.79. The quantitative estimate of drug-likeness (QED) is 0.514. The number of nitrogens with one attached hydrogen (secondary N) is 1. The van der Waals surface area contributed by atoms with E-state index in [0.29, 0.717) is 24.3 Å². The predicted octanol–water partition coefficient (Wildman–Crippen LogP) is 3.51. The van der Waals surface area contributed by atoms with Crippen LogP contribution in [0.2, 0.25) is 5.02 Å². The molecule has 2 fully saturated rings. The van der Waals surface area contributed by atoms with Crippen molar-refractivity contribution in [1.82, 2.24) is 20.0 Å². The Morgan fingerprint density at radius 1 is 0.905 bits per heavy atom. The molecule has 4 amide bonds. The maximum absolute atomic E-state index is 13.2. The lowest BCUT2D eigenvalue weighted by molar-refractivity contribution is -0.136. The summed E-state index contributed by atoms with van der Waals surface area (Å²) in [6, 6.07) is 12.5. The molecule has 9 nitrogen and oxygen atoms in total. The van der Waals surface area contributed by atoms with Crippen molar-refractivity contribution in [3.63, 3.8) is 0 Å². The van der Waals surface area contributed by atoms with Gasteiger partial charge in [0.25, 0.3) is 11.8 Å². The average molecular weight is 591 g/mol. The fraction of sp³-hybridized carbons (Fsp3) is 0.438. The zero-order valence-corrected chi connectivity index (χ0v) is 24.7. The number of benzene rings is 2. The zero-order chi connectivity index (χ0) is 29.6. The first kappa shape index (κ1) is 28.7. The monoisotopic (exact) mass is 590 g/mol. The number of piperazine rings is 1. The van der Waals surface area contributed by atoms with Gasteiger partial charge in [0.1, 0.15) is 6.04 Å². The molecule has 1 N–H and O–H groups in total. The van der Waals surface area contributed by atoms with E-state index in [1.54, 1.807) is 12.1 Å². The molecule has 0 aliphatic carbocycles. The Bertz CT molecular complexity index is 1480. The minimum Gasteiger partial charge on any atom is -0.371 e. The van der Waals surface area contributed by atoms with Gasteiger partial charge in [-0.1, -0.05) is 29.8 Å². The molecule has 4 aliphatic heterocycles. The molecule has 0 aromatic heterocycles. The number of nitrogens with zero attached hydrogens (tertiary/aromatic N) is 3. The Morgan fingerprint density at radius 2 is 1.57 bits per heavy atom. The Labute approximate surface area is 250 Å². The lowest BCUT2D eigenvalue weighted by Crippen LogP contribution is -2.54. The standard InChI is InChI=1S/C32H35ClN4O5/c1-32(2)16-26(21-4-6-23(33)7-5-21)22(19-42-32)18-36-13-11-35(12-14-36)17-20-3-8-24-25(15-20)31(41)37(30(24)40)27-9-10-28(38)34-29(27)39/h3-8,15,27H,9-14,16-19H2,1-2H3,(H,34,38,39). The number of hydrogen-bond donors (Lipinski definition) is 1. The number of halogens is 1. The number of rotatable bonds is 6. The lowest BCUT2D eigenvalue weighted by Gasteiger charge is -2.38. The number of piperidine rings is 1. The first-order chi connectivity index (χ1) is 20.1. The number of ether oxygens (including phenoxy) is 1. The smallest absolute Gasteiger partial charge is 0.262 e. The van der Waals surface area contributed by atoms with E-state index in [2.05, 4.69) is 41.1 Å². The summed E-state index contributed by atoms with van der Waals surface area (Å²) >= 11 is 6.15. The fourth-order valence-electron chi connectivity index (χ4n) is 6.32. The average Bonchev–Trinajstić information content (AvgIpc) is 3.20. The maximum atomic E-state index is 13.2. The van der Waals surface area contributed by atoms with Crippen LogP contribution in [0.25, 0.3) is 5.57 Å². The minimum absolute atomic E-state index is 0.103. The first-order valence-electron chi connectivity index (χ1n) is 14.5. The van der Waals surface area contributed by atoms with E-state index >= 15 is 0 Å². The summed E-state index contributed by atoms with van der Waals surface area (Å²) in [5.41, 5.74) is 5.22. The van der Waals surface area contributed by atoms with Crippen molar-refractivity contribution in [1.29, 1.82) is 0 Å². The van der Waals surface area contributed by atoms with E-state index in [4.69, 9.17) is 16.3 Å². The molecule has 0 bridgehead atoms. The highest BCUT2D eigenvalue weighted by Crippen LogP contribution is 2.36. The van der Waals surface area contributed by atoms with Crippen molar-refractivity contribution >= 4 is 40.8 Å². The number of amides is 4. The number of carbonyl (C=O) groups excluding carboxylic acids is 4. The topological polar surface area (TPSA) is 99.3 Å². The first-order valence-corrected chi connectivity index (χ1v) is 14.9. The second kappa shape index (κ2) is 11.4. The molecule has 0 radical (unpaired) electrons. The Morgan fingerprint density at radius 3 is 2.26 bits per heavy atom. The van der Waals surface area contributed by atoms with Gasteiger partial charge < -0.3 is 4.74 Å². The van der Waals surface area contributed by atoms with Crippen LogP contribution >= 0.6 is 11.6 Å². The molecule has 4 aliphatic rings. The maximum Gasteiger partial charge on any atom is 0.262 e. The van der Waals surface area contributed by atoms with Gasteiger partial charge in [-0.2, -0.15) is 0 Å². The van der Waals surface area contributed by atoms with Gasteiger partial charge in [0.2, 0.25) is 11.8 Å². The third-order valence-electron chi connectivity index (χ3n) is 8.65. The normalized spacial score (nSPS) is 23.4. The summed E-state index contributed by atoms with van der Waals surface area (Å²) in [4.78, 5) is 55.9. The molecule has 2 aromatic rings. The van der Waals surface area contributed by atoms with E-state index in [0.717, 1.165) is 54.6 Å². The predicted molar refractivity (Wildman–Crippen MR) is 158 cm³/mol. The Kier molecular flexibility index (Phi) is 7.78. The molecule has 1 unspecified atom stereocenters. The van der Waals surface area contributed by atoms with Gasteiger partial charge in [-0.05, 0) is 66.8 Å². The van der Waals surface area contributed by atoms with Crippen LogP contribution in [0.4, 0.5) is 0 Å². The van der Waals surface area contributed by atoms with Crippen molar-refractivity contribution in [2.75, 3.05) is 39.3 Å². The van der Waals surface area contributed by atoms with Crippen molar-refractivity contribution in [3.05, 3.63) is 75.3 Å². The van der Waals surface area contributed by atoms with E-state index < -0.39 is 23.8 Å². The SMILES string of the molecule is CC1(C)CC(c2ccc(Cl)cc2)=C(CN2CCN(Cc3ccc4c(c3)C(=O)N(C3CCC(=O)NC3=O)C4=O)CC2)CO1. The van der Waals surface area contributed by atoms with Gasteiger partial charge in [-0.25, -0.2) is 0 Å². The molecular weight excluding hydrogens is 556 g/mol. The Hall–Kier alpha value is -3.37. The Balaban J connectivity index is 1.09. The molecule has 1 atom stereocenters.